The summed E-state index contributed by atoms with van der Waals surface area (Å²) in [5.74, 6) is 0.993. The van der Waals surface area contributed by atoms with Crippen LogP contribution >= 0.6 is 24.0 Å². The Morgan fingerprint density at radius 2 is 1.69 bits per heavy atom. The Bertz CT molecular complexity index is 922. The van der Waals surface area contributed by atoms with E-state index in [4.69, 9.17) is 4.99 Å². The molecule has 2 aliphatic rings. The van der Waals surface area contributed by atoms with Gasteiger partial charge in [0.1, 0.15) is 0 Å². The van der Waals surface area contributed by atoms with Crippen LogP contribution in [0.5, 0.6) is 0 Å². The summed E-state index contributed by atoms with van der Waals surface area (Å²) >= 11 is 0. The SMILES string of the molecule is I.O=S(=O)(NC1CCCN(C2=NCCN2Cc2ccccc2)C1)c1ccccc1. The van der Waals surface area contributed by atoms with E-state index in [0.29, 0.717) is 11.4 Å². The van der Waals surface area contributed by atoms with Gasteiger partial charge in [0.15, 0.2) is 5.96 Å². The van der Waals surface area contributed by atoms with Gasteiger partial charge in [0.2, 0.25) is 10.0 Å². The van der Waals surface area contributed by atoms with Crippen molar-refractivity contribution in [2.24, 2.45) is 4.99 Å². The lowest BCUT2D eigenvalue weighted by Crippen LogP contribution is -2.52. The van der Waals surface area contributed by atoms with Gasteiger partial charge in [0.25, 0.3) is 0 Å². The lowest BCUT2D eigenvalue weighted by Gasteiger charge is -2.37. The van der Waals surface area contributed by atoms with Gasteiger partial charge in [0.05, 0.1) is 11.4 Å². The third-order valence-corrected chi connectivity index (χ3v) is 6.74. The maximum Gasteiger partial charge on any atom is 0.240 e. The minimum absolute atomic E-state index is 0. The van der Waals surface area contributed by atoms with Gasteiger partial charge in [-0.1, -0.05) is 48.5 Å². The molecule has 0 aromatic heterocycles. The van der Waals surface area contributed by atoms with Crippen LogP contribution in [0.3, 0.4) is 0 Å². The minimum Gasteiger partial charge on any atom is -0.341 e. The molecule has 29 heavy (non-hydrogen) atoms. The molecular weight excluding hydrogens is 499 g/mol. The molecule has 0 amide bonds. The van der Waals surface area contributed by atoms with E-state index in [1.54, 1.807) is 24.3 Å². The van der Waals surface area contributed by atoms with Gasteiger partial charge in [-0.25, -0.2) is 13.1 Å². The maximum atomic E-state index is 12.7. The normalized spacial score (nSPS) is 19.6. The highest BCUT2D eigenvalue weighted by molar-refractivity contribution is 14.0. The largest absolute Gasteiger partial charge is 0.341 e. The van der Waals surface area contributed by atoms with Crippen LogP contribution in [0.25, 0.3) is 0 Å². The zero-order valence-electron chi connectivity index (χ0n) is 16.3. The van der Waals surface area contributed by atoms with E-state index >= 15 is 0 Å². The van der Waals surface area contributed by atoms with E-state index in [0.717, 1.165) is 45.0 Å². The fourth-order valence-corrected chi connectivity index (χ4v) is 5.15. The first kappa shape index (κ1) is 22.0. The predicted octanol–water partition coefficient (Wildman–Crippen LogP) is 2.92. The number of rotatable bonds is 5. The molecule has 1 N–H and O–H groups in total. The van der Waals surface area contributed by atoms with Gasteiger partial charge in [-0.3, -0.25) is 4.99 Å². The van der Waals surface area contributed by atoms with Crippen molar-refractivity contribution in [1.29, 1.82) is 0 Å². The van der Waals surface area contributed by atoms with E-state index < -0.39 is 10.0 Å². The van der Waals surface area contributed by atoms with Crippen molar-refractivity contribution in [3.05, 3.63) is 66.2 Å². The molecule has 0 aliphatic carbocycles. The molecule has 2 aromatic carbocycles. The molecule has 2 aliphatic heterocycles. The summed E-state index contributed by atoms with van der Waals surface area (Å²) in [7, 11) is -3.50. The first-order valence-corrected chi connectivity index (χ1v) is 11.3. The van der Waals surface area contributed by atoms with E-state index in [-0.39, 0.29) is 30.0 Å². The smallest absolute Gasteiger partial charge is 0.240 e. The van der Waals surface area contributed by atoms with Gasteiger partial charge in [0, 0.05) is 32.2 Å². The number of benzene rings is 2. The number of nitrogens with zero attached hydrogens (tertiary/aromatic N) is 3. The standard InChI is InChI=1S/C21H26N4O2S.HI/c26-28(27,20-11-5-2-6-12-20)23-19-10-7-14-24(17-19)21-22-13-15-25(21)16-18-8-3-1-4-9-18;/h1-6,8-9,11-12,19,23H,7,10,13-17H2;1H. The average molecular weight is 526 g/mol. The summed E-state index contributed by atoms with van der Waals surface area (Å²) in [5.41, 5.74) is 1.26. The molecule has 1 saturated heterocycles. The summed E-state index contributed by atoms with van der Waals surface area (Å²) < 4.78 is 28.2. The number of piperidine rings is 1. The summed E-state index contributed by atoms with van der Waals surface area (Å²) in [4.78, 5) is 9.56. The van der Waals surface area contributed by atoms with Gasteiger partial charge >= 0.3 is 0 Å². The Hall–Kier alpha value is -1.65. The van der Waals surface area contributed by atoms with Crippen LogP contribution in [-0.2, 0) is 16.6 Å². The molecular formula is C21H27IN4O2S. The highest BCUT2D eigenvalue weighted by Crippen LogP contribution is 2.19. The second-order valence-electron chi connectivity index (χ2n) is 7.31. The Kier molecular flexibility index (Phi) is 7.53. The molecule has 1 atom stereocenters. The minimum atomic E-state index is -3.50. The molecule has 0 radical (unpaired) electrons. The molecule has 8 heteroatoms. The fraction of sp³-hybridized carbons (Fsp3) is 0.381. The summed E-state index contributed by atoms with van der Waals surface area (Å²) in [6.45, 7) is 4.08. The number of guanidine groups is 1. The monoisotopic (exact) mass is 526 g/mol. The Morgan fingerprint density at radius 1 is 1.00 bits per heavy atom. The Morgan fingerprint density at radius 3 is 2.41 bits per heavy atom. The molecule has 1 unspecified atom stereocenters. The fourth-order valence-electron chi connectivity index (χ4n) is 3.87. The summed E-state index contributed by atoms with van der Waals surface area (Å²) in [6.07, 6.45) is 1.79. The molecule has 0 bridgehead atoms. The van der Waals surface area contributed by atoms with Crippen molar-refractivity contribution in [1.82, 2.24) is 14.5 Å². The number of hydrogen-bond acceptors (Lipinski definition) is 5. The van der Waals surface area contributed by atoms with Crippen molar-refractivity contribution in [3.63, 3.8) is 0 Å². The van der Waals surface area contributed by atoms with Crippen molar-refractivity contribution >= 4 is 40.0 Å². The molecule has 1 fully saturated rings. The predicted molar refractivity (Wildman–Crippen MR) is 126 cm³/mol. The van der Waals surface area contributed by atoms with E-state index in [9.17, 15) is 8.42 Å². The number of halogens is 1. The van der Waals surface area contributed by atoms with Gasteiger partial charge < -0.3 is 9.80 Å². The maximum absolute atomic E-state index is 12.7. The van der Waals surface area contributed by atoms with E-state index in [1.807, 2.05) is 12.1 Å². The van der Waals surface area contributed by atoms with E-state index in [1.165, 1.54) is 5.56 Å². The summed E-state index contributed by atoms with van der Waals surface area (Å²) in [6, 6.07) is 18.9. The van der Waals surface area contributed by atoms with Crippen LogP contribution in [0.15, 0.2) is 70.6 Å². The highest BCUT2D eigenvalue weighted by Gasteiger charge is 2.30. The average Bonchev–Trinajstić information content (AvgIpc) is 3.17. The zero-order chi connectivity index (χ0) is 19.4. The van der Waals surface area contributed by atoms with Crippen molar-refractivity contribution in [2.75, 3.05) is 26.2 Å². The van der Waals surface area contributed by atoms with Gasteiger partial charge in [-0.05, 0) is 30.5 Å². The van der Waals surface area contributed by atoms with Gasteiger partial charge in [-0.2, -0.15) is 0 Å². The lowest BCUT2D eigenvalue weighted by atomic mass is 10.1. The van der Waals surface area contributed by atoms with Gasteiger partial charge in [-0.15, -0.1) is 24.0 Å². The number of likely N-dealkylation sites (tertiary alicyclic amines) is 1. The van der Waals surface area contributed by atoms with Crippen LogP contribution in [0.4, 0.5) is 0 Å². The van der Waals surface area contributed by atoms with Crippen molar-refractivity contribution in [2.45, 2.75) is 30.3 Å². The molecule has 6 nitrogen and oxygen atoms in total. The molecule has 2 aromatic rings. The quantitative estimate of drug-likeness (QED) is 0.609. The number of hydrogen-bond donors (Lipinski definition) is 1. The van der Waals surface area contributed by atoms with Crippen LogP contribution in [0.2, 0.25) is 0 Å². The lowest BCUT2D eigenvalue weighted by molar-refractivity contribution is 0.262. The van der Waals surface area contributed by atoms with Crippen molar-refractivity contribution in [3.8, 4) is 0 Å². The zero-order valence-corrected chi connectivity index (χ0v) is 19.4. The van der Waals surface area contributed by atoms with E-state index in [2.05, 4.69) is 38.8 Å². The molecule has 2 heterocycles. The van der Waals surface area contributed by atoms with Crippen LogP contribution in [0, 0.1) is 0 Å². The Labute approximate surface area is 190 Å². The second-order valence-corrected chi connectivity index (χ2v) is 9.02. The molecule has 4 rings (SSSR count). The first-order valence-electron chi connectivity index (χ1n) is 9.77. The topological polar surface area (TPSA) is 65.0 Å². The number of sulfonamides is 1. The number of nitrogens with one attached hydrogen (secondary N) is 1. The van der Waals surface area contributed by atoms with Crippen molar-refractivity contribution < 1.29 is 8.42 Å². The molecule has 156 valence electrons. The van der Waals surface area contributed by atoms with Crippen LogP contribution in [0.1, 0.15) is 18.4 Å². The van der Waals surface area contributed by atoms with Crippen LogP contribution < -0.4 is 4.72 Å². The molecule has 0 spiro atoms. The van der Waals surface area contributed by atoms with Crippen LogP contribution in [-0.4, -0.2) is 56.4 Å². The first-order chi connectivity index (χ1) is 13.6. The number of aliphatic imine (C=N–C) groups is 1. The second kappa shape index (κ2) is 9.90. The third kappa shape index (κ3) is 5.49. The summed E-state index contributed by atoms with van der Waals surface area (Å²) in [5, 5.41) is 0. The third-order valence-electron chi connectivity index (χ3n) is 5.20. The highest BCUT2D eigenvalue weighted by atomic mass is 127. The molecule has 0 saturated carbocycles. The Balaban J connectivity index is 0.00000240.